The molecule has 1 unspecified atom stereocenters. The molecule has 154 valence electrons. The summed E-state index contributed by atoms with van der Waals surface area (Å²) in [6.07, 6.45) is 4.36. The first-order valence-electron chi connectivity index (χ1n) is 10.1. The molecule has 3 heterocycles. The second-order valence-electron chi connectivity index (χ2n) is 7.52. The van der Waals surface area contributed by atoms with E-state index < -0.39 is 0 Å². The van der Waals surface area contributed by atoms with E-state index in [1.807, 2.05) is 42.5 Å². The highest BCUT2D eigenvalue weighted by molar-refractivity contribution is 6.32. The van der Waals surface area contributed by atoms with Crippen LogP contribution in [0.2, 0.25) is 5.02 Å². The number of Topliss-reactive ketones (excluding diaryl/α,β-unsaturated/α-hetero) is 1. The van der Waals surface area contributed by atoms with Crippen molar-refractivity contribution in [2.24, 2.45) is 0 Å². The summed E-state index contributed by atoms with van der Waals surface area (Å²) in [5, 5.41) is 0.678. The average molecular weight is 422 g/mol. The lowest BCUT2D eigenvalue weighted by molar-refractivity contribution is 0.101. The Hall–Kier alpha value is -2.99. The third kappa shape index (κ3) is 4.28. The average Bonchev–Trinajstić information content (AvgIpc) is 2.96. The van der Waals surface area contributed by atoms with Crippen LogP contribution >= 0.6 is 11.6 Å². The minimum absolute atomic E-state index is 0.0564. The predicted octanol–water partition coefficient (Wildman–Crippen LogP) is 4.50. The fourth-order valence-electron chi connectivity index (χ4n) is 3.76. The number of nitrogens with zero attached hydrogens (tertiary/aromatic N) is 5. The van der Waals surface area contributed by atoms with Gasteiger partial charge in [-0.05, 0) is 32.4 Å². The Morgan fingerprint density at radius 3 is 2.60 bits per heavy atom. The number of ketones is 1. The molecule has 7 heteroatoms. The first kappa shape index (κ1) is 20.3. The van der Waals surface area contributed by atoms with Crippen LogP contribution in [0.1, 0.15) is 30.6 Å². The molecular weight excluding hydrogens is 398 g/mol. The van der Waals surface area contributed by atoms with Gasteiger partial charge in [-0.1, -0.05) is 35.9 Å². The standard InChI is InChI=1S/C23H24ClN5O/c1-16-9-11-28(23-20(24)4-3-10-25-23)12-13-29(16)22-14-21(26-15-27-22)19-7-5-18(6-8-19)17(2)30/h3-8,10,14-16H,9,11-13H2,1-2H3. The summed E-state index contributed by atoms with van der Waals surface area (Å²) >= 11 is 6.36. The van der Waals surface area contributed by atoms with Crippen molar-refractivity contribution < 1.29 is 4.79 Å². The number of hydrogen-bond donors (Lipinski definition) is 0. The van der Waals surface area contributed by atoms with Gasteiger partial charge in [-0.25, -0.2) is 15.0 Å². The quantitative estimate of drug-likeness (QED) is 0.578. The zero-order valence-corrected chi connectivity index (χ0v) is 17.9. The van der Waals surface area contributed by atoms with Crippen LogP contribution in [-0.4, -0.2) is 46.4 Å². The van der Waals surface area contributed by atoms with Gasteiger partial charge >= 0.3 is 0 Å². The smallest absolute Gasteiger partial charge is 0.159 e. The molecule has 6 nitrogen and oxygen atoms in total. The summed E-state index contributed by atoms with van der Waals surface area (Å²) in [6.45, 7) is 6.30. The largest absolute Gasteiger partial charge is 0.354 e. The van der Waals surface area contributed by atoms with Gasteiger partial charge in [0, 0.05) is 49.1 Å². The van der Waals surface area contributed by atoms with Crippen molar-refractivity contribution in [3.05, 3.63) is 65.6 Å². The fraction of sp³-hybridized carbons (Fsp3) is 0.304. The van der Waals surface area contributed by atoms with E-state index in [2.05, 4.69) is 31.7 Å². The second kappa shape index (κ2) is 8.79. The van der Waals surface area contributed by atoms with Gasteiger partial charge in [-0.2, -0.15) is 0 Å². The SMILES string of the molecule is CC(=O)c1ccc(-c2cc(N3CCN(c4ncccc4Cl)CCC3C)ncn2)cc1. The first-order valence-corrected chi connectivity index (χ1v) is 10.5. The number of anilines is 2. The number of aromatic nitrogens is 3. The van der Waals surface area contributed by atoms with Gasteiger partial charge in [0.05, 0.1) is 10.7 Å². The molecule has 2 aromatic heterocycles. The van der Waals surface area contributed by atoms with Gasteiger partial charge < -0.3 is 9.80 Å². The Bertz CT molecular complexity index is 1040. The van der Waals surface area contributed by atoms with Gasteiger partial charge in [0.25, 0.3) is 0 Å². The van der Waals surface area contributed by atoms with Crippen molar-refractivity contribution in [1.29, 1.82) is 0 Å². The summed E-state index contributed by atoms with van der Waals surface area (Å²) in [7, 11) is 0. The van der Waals surface area contributed by atoms with E-state index in [1.165, 1.54) is 0 Å². The molecule has 0 radical (unpaired) electrons. The summed E-state index contributed by atoms with van der Waals surface area (Å²) in [5.41, 5.74) is 2.51. The lowest BCUT2D eigenvalue weighted by atomic mass is 10.1. The highest BCUT2D eigenvalue weighted by Gasteiger charge is 2.24. The van der Waals surface area contributed by atoms with Crippen LogP contribution in [0.3, 0.4) is 0 Å². The number of carbonyl (C=O) groups is 1. The van der Waals surface area contributed by atoms with E-state index in [0.29, 0.717) is 16.6 Å². The Balaban J connectivity index is 1.55. The number of benzene rings is 1. The van der Waals surface area contributed by atoms with Crippen molar-refractivity contribution in [3.63, 3.8) is 0 Å². The molecule has 0 saturated carbocycles. The second-order valence-corrected chi connectivity index (χ2v) is 7.93. The maximum absolute atomic E-state index is 11.5. The summed E-state index contributed by atoms with van der Waals surface area (Å²) in [6, 6.07) is 13.6. The van der Waals surface area contributed by atoms with Crippen molar-refractivity contribution >= 4 is 29.0 Å². The summed E-state index contributed by atoms with van der Waals surface area (Å²) in [4.78, 5) is 29.5. The van der Waals surface area contributed by atoms with Crippen molar-refractivity contribution in [1.82, 2.24) is 15.0 Å². The van der Waals surface area contributed by atoms with E-state index in [4.69, 9.17) is 11.6 Å². The summed E-state index contributed by atoms with van der Waals surface area (Å²) in [5.74, 6) is 1.79. The van der Waals surface area contributed by atoms with Crippen molar-refractivity contribution in [2.75, 3.05) is 29.4 Å². The number of halogens is 1. The lowest BCUT2D eigenvalue weighted by Gasteiger charge is -2.28. The molecule has 0 bridgehead atoms. The van der Waals surface area contributed by atoms with Crippen LogP contribution in [0.4, 0.5) is 11.6 Å². The zero-order valence-electron chi connectivity index (χ0n) is 17.1. The molecule has 0 N–H and O–H groups in total. The van der Waals surface area contributed by atoms with Crippen LogP contribution in [0, 0.1) is 0 Å². The van der Waals surface area contributed by atoms with E-state index in [1.54, 1.807) is 19.4 Å². The molecule has 1 fully saturated rings. The van der Waals surface area contributed by atoms with Crippen molar-refractivity contribution in [3.8, 4) is 11.3 Å². The number of carbonyl (C=O) groups excluding carboxylic acids is 1. The minimum Gasteiger partial charge on any atom is -0.354 e. The van der Waals surface area contributed by atoms with Crippen LogP contribution in [0.25, 0.3) is 11.3 Å². The highest BCUT2D eigenvalue weighted by atomic mass is 35.5. The highest BCUT2D eigenvalue weighted by Crippen LogP contribution is 2.27. The Kier molecular flexibility index (Phi) is 5.95. The van der Waals surface area contributed by atoms with Crippen LogP contribution < -0.4 is 9.80 Å². The fourth-order valence-corrected chi connectivity index (χ4v) is 4.00. The molecule has 1 aliphatic rings. The Morgan fingerprint density at radius 2 is 1.87 bits per heavy atom. The van der Waals surface area contributed by atoms with Gasteiger partial charge in [-0.15, -0.1) is 0 Å². The third-order valence-corrected chi connectivity index (χ3v) is 5.83. The summed E-state index contributed by atoms with van der Waals surface area (Å²) < 4.78 is 0. The molecule has 3 aromatic rings. The van der Waals surface area contributed by atoms with Gasteiger partial charge in [-0.3, -0.25) is 4.79 Å². The number of hydrogen-bond acceptors (Lipinski definition) is 6. The molecule has 1 aromatic carbocycles. The molecule has 0 spiro atoms. The molecule has 1 atom stereocenters. The normalized spacial score (nSPS) is 17.0. The molecule has 1 aliphatic heterocycles. The molecule has 0 aliphatic carbocycles. The molecular formula is C23H24ClN5O. The van der Waals surface area contributed by atoms with Crippen LogP contribution in [0.5, 0.6) is 0 Å². The van der Waals surface area contributed by atoms with Gasteiger partial charge in [0.1, 0.15) is 18.0 Å². The van der Waals surface area contributed by atoms with Crippen LogP contribution in [0.15, 0.2) is 55.0 Å². The Labute approximate surface area is 181 Å². The van der Waals surface area contributed by atoms with E-state index in [0.717, 1.165) is 48.9 Å². The number of pyridine rings is 1. The number of rotatable bonds is 4. The third-order valence-electron chi connectivity index (χ3n) is 5.53. The topological polar surface area (TPSA) is 62.2 Å². The monoisotopic (exact) mass is 421 g/mol. The van der Waals surface area contributed by atoms with Crippen LogP contribution in [-0.2, 0) is 0 Å². The maximum Gasteiger partial charge on any atom is 0.159 e. The predicted molar refractivity (Wildman–Crippen MR) is 120 cm³/mol. The van der Waals surface area contributed by atoms with Gasteiger partial charge in [0.2, 0.25) is 0 Å². The zero-order chi connectivity index (χ0) is 21.1. The molecule has 1 saturated heterocycles. The molecule has 30 heavy (non-hydrogen) atoms. The minimum atomic E-state index is 0.0564. The van der Waals surface area contributed by atoms with Gasteiger partial charge in [0.15, 0.2) is 5.78 Å². The van der Waals surface area contributed by atoms with E-state index in [-0.39, 0.29) is 5.78 Å². The maximum atomic E-state index is 11.5. The van der Waals surface area contributed by atoms with E-state index in [9.17, 15) is 4.79 Å². The molecule has 0 amide bonds. The molecule has 4 rings (SSSR count). The lowest BCUT2D eigenvalue weighted by Crippen LogP contribution is -2.35. The Morgan fingerprint density at radius 1 is 1.07 bits per heavy atom. The first-order chi connectivity index (χ1) is 14.5. The van der Waals surface area contributed by atoms with E-state index >= 15 is 0 Å². The van der Waals surface area contributed by atoms with Crippen molar-refractivity contribution in [2.45, 2.75) is 26.3 Å².